The second-order valence-electron chi connectivity index (χ2n) is 8.40. The van der Waals surface area contributed by atoms with Crippen molar-refractivity contribution in [2.45, 2.75) is 4.90 Å². The minimum Gasteiger partial charge on any atom is -0.497 e. The molecule has 0 saturated carbocycles. The SMILES string of the molecule is COc1cccc(/C=C2\Sc3ccc(C(=O)N4CCN(c5ccccn5)CC4)cc3N(C)C2=O)c1. The van der Waals surface area contributed by atoms with Crippen LogP contribution in [0.25, 0.3) is 6.08 Å². The maximum absolute atomic E-state index is 13.2. The summed E-state index contributed by atoms with van der Waals surface area (Å²) in [5, 5.41) is 0. The Hall–Kier alpha value is -3.78. The third-order valence-corrected chi connectivity index (χ3v) is 7.31. The first kappa shape index (κ1) is 23.0. The van der Waals surface area contributed by atoms with E-state index in [1.165, 1.54) is 11.8 Å². The second kappa shape index (κ2) is 9.84. The molecular weight excluding hydrogens is 460 g/mol. The Kier molecular flexibility index (Phi) is 6.46. The molecule has 35 heavy (non-hydrogen) atoms. The van der Waals surface area contributed by atoms with Crippen LogP contribution in [0.5, 0.6) is 5.75 Å². The fraction of sp³-hybridized carbons (Fsp3) is 0.222. The Morgan fingerprint density at radius 1 is 1.03 bits per heavy atom. The van der Waals surface area contributed by atoms with E-state index in [0.717, 1.165) is 40.8 Å². The number of likely N-dealkylation sites (N-methyl/N-ethyl adjacent to an activating group) is 1. The van der Waals surface area contributed by atoms with Gasteiger partial charge in [0.05, 0.1) is 17.7 Å². The quantitative estimate of drug-likeness (QED) is 0.516. The molecule has 5 rings (SSSR count). The van der Waals surface area contributed by atoms with E-state index in [-0.39, 0.29) is 11.8 Å². The first-order valence-electron chi connectivity index (χ1n) is 11.4. The van der Waals surface area contributed by atoms with Crippen LogP contribution in [0, 0.1) is 0 Å². The maximum Gasteiger partial charge on any atom is 0.264 e. The van der Waals surface area contributed by atoms with E-state index in [4.69, 9.17) is 4.74 Å². The molecule has 0 unspecified atom stereocenters. The number of hydrogen-bond acceptors (Lipinski definition) is 6. The first-order chi connectivity index (χ1) is 17.0. The fourth-order valence-electron chi connectivity index (χ4n) is 4.27. The number of fused-ring (bicyclic) bond motifs is 1. The van der Waals surface area contributed by atoms with Crippen LogP contribution in [0.1, 0.15) is 15.9 Å². The van der Waals surface area contributed by atoms with Crippen molar-refractivity contribution in [2.24, 2.45) is 0 Å². The zero-order valence-corrected chi connectivity index (χ0v) is 20.5. The van der Waals surface area contributed by atoms with Gasteiger partial charge in [-0.05, 0) is 54.1 Å². The average molecular weight is 487 g/mol. The summed E-state index contributed by atoms with van der Waals surface area (Å²) < 4.78 is 5.29. The number of piperazine rings is 1. The summed E-state index contributed by atoms with van der Waals surface area (Å²) in [6.07, 6.45) is 3.65. The van der Waals surface area contributed by atoms with E-state index in [9.17, 15) is 9.59 Å². The summed E-state index contributed by atoms with van der Waals surface area (Å²) in [4.78, 5) is 38.0. The Morgan fingerprint density at radius 3 is 2.60 bits per heavy atom. The van der Waals surface area contributed by atoms with Gasteiger partial charge in [-0.1, -0.05) is 30.0 Å². The van der Waals surface area contributed by atoms with Crippen LogP contribution in [-0.2, 0) is 4.79 Å². The van der Waals surface area contributed by atoms with Gasteiger partial charge in [-0.25, -0.2) is 4.98 Å². The molecule has 7 nitrogen and oxygen atoms in total. The number of benzene rings is 2. The van der Waals surface area contributed by atoms with Crippen LogP contribution in [0.4, 0.5) is 11.5 Å². The van der Waals surface area contributed by atoms with E-state index in [2.05, 4.69) is 9.88 Å². The van der Waals surface area contributed by atoms with Gasteiger partial charge in [0.1, 0.15) is 11.6 Å². The van der Waals surface area contributed by atoms with E-state index in [0.29, 0.717) is 23.6 Å². The minimum absolute atomic E-state index is 0.0166. The number of rotatable bonds is 4. The van der Waals surface area contributed by atoms with Crippen molar-refractivity contribution in [3.05, 3.63) is 82.9 Å². The largest absolute Gasteiger partial charge is 0.497 e. The number of ether oxygens (including phenoxy) is 1. The third-order valence-electron chi connectivity index (χ3n) is 6.23. The Balaban J connectivity index is 1.31. The summed E-state index contributed by atoms with van der Waals surface area (Å²) >= 11 is 1.42. The van der Waals surface area contributed by atoms with Crippen LogP contribution in [-0.4, -0.2) is 62.0 Å². The number of hydrogen-bond donors (Lipinski definition) is 0. The number of amides is 2. The zero-order chi connectivity index (χ0) is 24.4. The van der Waals surface area contributed by atoms with Gasteiger partial charge in [0, 0.05) is 49.9 Å². The molecule has 0 spiro atoms. The van der Waals surface area contributed by atoms with Gasteiger partial charge in [-0.15, -0.1) is 0 Å². The molecule has 1 saturated heterocycles. The highest BCUT2D eigenvalue weighted by molar-refractivity contribution is 8.04. The van der Waals surface area contributed by atoms with Crippen molar-refractivity contribution in [2.75, 3.05) is 50.1 Å². The molecule has 2 amide bonds. The minimum atomic E-state index is -0.0982. The molecule has 0 aliphatic carbocycles. The predicted octanol–water partition coefficient (Wildman–Crippen LogP) is 4.16. The van der Waals surface area contributed by atoms with Crippen LogP contribution in [0.15, 0.2) is 76.7 Å². The lowest BCUT2D eigenvalue weighted by molar-refractivity contribution is -0.114. The number of anilines is 2. The van der Waals surface area contributed by atoms with Crippen LogP contribution in [0.3, 0.4) is 0 Å². The summed E-state index contributed by atoms with van der Waals surface area (Å²) in [5.74, 6) is 1.56. The number of carbonyl (C=O) groups excluding carboxylic acids is 2. The number of aromatic nitrogens is 1. The predicted molar refractivity (Wildman–Crippen MR) is 139 cm³/mol. The lowest BCUT2D eigenvalue weighted by atomic mass is 10.1. The van der Waals surface area contributed by atoms with Gasteiger partial charge in [0.15, 0.2) is 0 Å². The monoisotopic (exact) mass is 486 g/mol. The molecule has 3 aromatic rings. The summed E-state index contributed by atoms with van der Waals surface area (Å²) in [5.41, 5.74) is 2.24. The number of thioether (sulfide) groups is 1. The molecule has 0 atom stereocenters. The second-order valence-corrected chi connectivity index (χ2v) is 9.48. The molecule has 1 aromatic heterocycles. The molecule has 0 N–H and O–H groups in total. The van der Waals surface area contributed by atoms with Crippen molar-refractivity contribution in [1.82, 2.24) is 9.88 Å². The summed E-state index contributed by atoms with van der Waals surface area (Å²) in [7, 11) is 3.37. The van der Waals surface area contributed by atoms with E-state index in [1.807, 2.05) is 71.6 Å². The zero-order valence-electron chi connectivity index (χ0n) is 19.7. The number of pyridine rings is 1. The van der Waals surface area contributed by atoms with E-state index >= 15 is 0 Å². The molecule has 0 radical (unpaired) electrons. The molecular formula is C27H26N4O3S. The number of nitrogens with zero attached hydrogens (tertiary/aromatic N) is 4. The first-order valence-corrected chi connectivity index (χ1v) is 12.3. The van der Waals surface area contributed by atoms with Crippen molar-refractivity contribution in [1.29, 1.82) is 0 Å². The average Bonchev–Trinajstić information content (AvgIpc) is 2.92. The Bertz CT molecular complexity index is 1290. The summed E-state index contributed by atoms with van der Waals surface area (Å²) in [6.45, 7) is 2.73. The third kappa shape index (κ3) is 4.74. The lowest BCUT2D eigenvalue weighted by Gasteiger charge is -2.35. The highest BCUT2D eigenvalue weighted by Crippen LogP contribution is 2.42. The normalized spacial score (nSPS) is 16.9. The van der Waals surface area contributed by atoms with Crippen molar-refractivity contribution >= 4 is 41.2 Å². The molecule has 178 valence electrons. The molecule has 8 heteroatoms. The van der Waals surface area contributed by atoms with Gasteiger partial charge in [-0.3, -0.25) is 9.59 Å². The van der Waals surface area contributed by atoms with Crippen molar-refractivity contribution in [3.8, 4) is 5.75 Å². The highest BCUT2D eigenvalue weighted by Gasteiger charge is 2.29. The topological polar surface area (TPSA) is 66.0 Å². The van der Waals surface area contributed by atoms with Crippen LogP contribution in [0.2, 0.25) is 0 Å². The maximum atomic E-state index is 13.2. The Labute approximate surface area is 209 Å². The molecule has 3 heterocycles. The van der Waals surface area contributed by atoms with Gasteiger partial charge in [-0.2, -0.15) is 0 Å². The highest BCUT2D eigenvalue weighted by atomic mass is 32.2. The van der Waals surface area contributed by atoms with Crippen LogP contribution < -0.4 is 14.5 Å². The Morgan fingerprint density at radius 2 is 1.86 bits per heavy atom. The van der Waals surface area contributed by atoms with Crippen molar-refractivity contribution < 1.29 is 14.3 Å². The molecule has 0 bridgehead atoms. The summed E-state index contributed by atoms with van der Waals surface area (Å²) in [6, 6.07) is 19.1. The smallest absolute Gasteiger partial charge is 0.264 e. The molecule has 2 aliphatic rings. The van der Waals surface area contributed by atoms with Gasteiger partial charge in [0.2, 0.25) is 0 Å². The fourth-order valence-corrected chi connectivity index (χ4v) is 5.36. The molecule has 2 aliphatic heterocycles. The van der Waals surface area contributed by atoms with Gasteiger partial charge < -0.3 is 19.4 Å². The van der Waals surface area contributed by atoms with Crippen LogP contribution >= 0.6 is 11.8 Å². The molecule has 1 fully saturated rings. The van der Waals surface area contributed by atoms with Gasteiger partial charge in [0.25, 0.3) is 11.8 Å². The standard InChI is InChI=1S/C27H26N4O3S/c1-29-22-18-20(26(32)31-14-12-30(13-15-31)25-8-3-4-11-28-25)9-10-23(22)35-24(27(29)33)17-19-6-5-7-21(16-19)34-2/h3-11,16-18H,12-15H2,1-2H3/b24-17-. The molecule has 2 aromatic carbocycles. The lowest BCUT2D eigenvalue weighted by Crippen LogP contribution is -2.49. The van der Waals surface area contributed by atoms with E-state index in [1.54, 1.807) is 25.3 Å². The number of carbonyl (C=O) groups is 2. The van der Waals surface area contributed by atoms with Gasteiger partial charge >= 0.3 is 0 Å². The van der Waals surface area contributed by atoms with Crippen molar-refractivity contribution in [3.63, 3.8) is 0 Å². The number of methoxy groups -OCH3 is 1. The van der Waals surface area contributed by atoms with E-state index < -0.39 is 0 Å².